The van der Waals surface area contributed by atoms with E-state index in [1.54, 1.807) is 25.1 Å². The summed E-state index contributed by atoms with van der Waals surface area (Å²) in [5.74, 6) is -0.398. The summed E-state index contributed by atoms with van der Waals surface area (Å²) in [5, 5.41) is 3.22. The highest BCUT2D eigenvalue weighted by Crippen LogP contribution is 2.25. The van der Waals surface area contributed by atoms with E-state index in [0.29, 0.717) is 23.5 Å². The monoisotopic (exact) mass is 285 g/mol. The van der Waals surface area contributed by atoms with Crippen LogP contribution in [0.15, 0.2) is 30.3 Å². The molecule has 0 atom stereocenters. The standard InChI is InChI=1S/C16H19N3O2/c1-4-21-16(20)13-9-12(17)6-8-15(13)19-14-7-5-10(2)18-11(14)3/h5-9,19H,4,17H2,1-3H3. The Kier molecular flexibility index (Phi) is 4.42. The van der Waals surface area contributed by atoms with Crippen molar-refractivity contribution in [2.75, 3.05) is 17.7 Å². The van der Waals surface area contributed by atoms with Gasteiger partial charge in [0.05, 0.1) is 29.2 Å². The zero-order chi connectivity index (χ0) is 15.4. The summed E-state index contributed by atoms with van der Waals surface area (Å²) in [6.45, 7) is 5.93. The number of ether oxygens (including phenoxy) is 1. The maximum absolute atomic E-state index is 12.0. The Hall–Kier alpha value is -2.56. The lowest BCUT2D eigenvalue weighted by Gasteiger charge is -2.13. The second kappa shape index (κ2) is 6.26. The van der Waals surface area contributed by atoms with Crippen molar-refractivity contribution >= 4 is 23.0 Å². The van der Waals surface area contributed by atoms with Gasteiger partial charge in [-0.25, -0.2) is 4.79 Å². The van der Waals surface area contributed by atoms with E-state index < -0.39 is 5.97 Å². The normalized spacial score (nSPS) is 10.2. The number of pyridine rings is 1. The van der Waals surface area contributed by atoms with E-state index in [1.165, 1.54) is 0 Å². The number of aromatic nitrogens is 1. The molecule has 5 heteroatoms. The number of aryl methyl sites for hydroxylation is 2. The number of nitrogens with two attached hydrogens (primary N) is 1. The van der Waals surface area contributed by atoms with Gasteiger partial charge in [0.25, 0.3) is 0 Å². The topological polar surface area (TPSA) is 77.2 Å². The van der Waals surface area contributed by atoms with Gasteiger partial charge >= 0.3 is 5.97 Å². The third-order valence-electron chi connectivity index (χ3n) is 3.03. The number of anilines is 3. The fourth-order valence-electron chi connectivity index (χ4n) is 2.01. The van der Waals surface area contributed by atoms with Crippen LogP contribution in [0.25, 0.3) is 0 Å². The molecule has 21 heavy (non-hydrogen) atoms. The lowest BCUT2D eigenvalue weighted by molar-refractivity contribution is 0.0527. The minimum absolute atomic E-state index is 0.318. The zero-order valence-corrected chi connectivity index (χ0v) is 12.4. The molecule has 3 N–H and O–H groups in total. The number of hydrogen-bond donors (Lipinski definition) is 2. The largest absolute Gasteiger partial charge is 0.462 e. The van der Waals surface area contributed by atoms with Crippen molar-refractivity contribution in [2.45, 2.75) is 20.8 Å². The molecule has 0 aliphatic carbocycles. The minimum Gasteiger partial charge on any atom is -0.462 e. The Balaban J connectivity index is 2.37. The molecule has 1 aromatic carbocycles. The third kappa shape index (κ3) is 3.51. The van der Waals surface area contributed by atoms with Crippen molar-refractivity contribution in [3.63, 3.8) is 0 Å². The number of nitrogen functional groups attached to an aromatic ring is 1. The molecule has 0 spiro atoms. The molecule has 2 rings (SSSR count). The summed E-state index contributed by atoms with van der Waals surface area (Å²) in [5.41, 5.74) is 9.99. The summed E-state index contributed by atoms with van der Waals surface area (Å²) in [6.07, 6.45) is 0. The first-order chi connectivity index (χ1) is 10.0. The fourth-order valence-corrected chi connectivity index (χ4v) is 2.01. The first kappa shape index (κ1) is 14.8. The maximum atomic E-state index is 12.0. The Bertz CT molecular complexity index is 669. The van der Waals surface area contributed by atoms with Crippen LogP contribution in [0.1, 0.15) is 28.7 Å². The van der Waals surface area contributed by atoms with Crippen LogP contribution in [0.5, 0.6) is 0 Å². The molecule has 0 unspecified atom stereocenters. The quantitative estimate of drug-likeness (QED) is 0.666. The molecular formula is C16H19N3O2. The Morgan fingerprint density at radius 3 is 2.62 bits per heavy atom. The minimum atomic E-state index is -0.398. The fraction of sp³-hybridized carbons (Fsp3) is 0.250. The molecule has 0 saturated carbocycles. The molecule has 1 heterocycles. The van der Waals surface area contributed by atoms with Crippen molar-refractivity contribution in [1.82, 2.24) is 4.98 Å². The van der Waals surface area contributed by atoms with E-state index in [-0.39, 0.29) is 0 Å². The van der Waals surface area contributed by atoms with Gasteiger partial charge in [-0.1, -0.05) is 0 Å². The van der Waals surface area contributed by atoms with Crippen LogP contribution in [0.3, 0.4) is 0 Å². The number of carbonyl (C=O) groups excluding carboxylic acids is 1. The third-order valence-corrected chi connectivity index (χ3v) is 3.03. The molecule has 0 bridgehead atoms. The lowest BCUT2D eigenvalue weighted by Crippen LogP contribution is -2.09. The molecule has 0 amide bonds. The maximum Gasteiger partial charge on any atom is 0.340 e. The van der Waals surface area contributed by atoms with Crippen LogP contribution >= 0.6 is 0 Å². The summed E-state index contributed by atoms with van der Waals surface area (Å²) < 4.78 is 5.06. The second-order valence-electron chi connectivity index (χ2n) is 4.74. The van der Waals surface area contributed by atoms with Crippen LogP contribution in [-0.4, -0.2) is 17.6 Å². The van der Waals surface area contributed by atoms with Crippen molar-refractivity contribution in [2.24, 2.45) is 0 Å². The highest BCUT2D eigenvalue weighted by atomic mass is 16.5. The number of carbonyl (C=O) groups is 1. The SMILES string of the molecule is CCOC(=O)c1cc(N)ccc1Nc1ccc(C)nc1C. The Morgan fingerprint density at radius 1 is 1.24 bits per heavy atom. The molecule has 1 aromatic heterocycles. The Labute approximate surface area is 124 Å². The summed E-state index contributed by atoms with van der Waals surface area (Å²) in [6, 6.07) is 8.96. The molecule has 2 aromatic rings. The van der Waals surface area contributed by atoms with E-state index in [1.807, 2.05) is 26.0 Å². The zero-order valence-electron chi connectivity index (χ0n) is 12.4. The van der Waals surface area contributed by atoms with Crippen LogP contribution < -0.4 is 11.1 Å². The number of benzene rings is 1. The Morgan fingerprint density at radius 2 is 1.95 bits per heavy atom. The predicted molar refractivity (Wildman–Crippen MR) is 83.8 cm³/mol. The van der Waals surface area contributed by atoms with Gasteiger partial charge in [0.15, 0.2) is 0 Å². The van der Waals surface area contributed by atoms with E-state index in [4.69, 9.17) is 10.5 Å². The van der Waals surface area contributed by atoms with Gasteiger partial charge < -0.3 is 15.8 Å². The predicted octanol–water partition coefficient (Wildman–Crippen LogP) is 3.20. The van der Waals surface area contributed by atoms with Crippen LogP contribution in [0.4, 0.5) is 17.1 Å². The highest BCUT2D eigenvalue weighted by molar-refractivity contribution is 5.97. The van der Waals surface area contributed by atoms with Gasteiger partial charge in [-0.15, -0.1) is 0 Å². The van der Waals surface area contributed by atoms with Crippen LogP contribution in [-0.2, 0) is 4.74 Å². The summed E-state index contributed by atoms with van der Waals surface area (Å²) >= 11 is 0. The number of esters is 1. The molecule has 0 aliphatic heterocycles. The van der Waals surface area contributed by atoms with Crippen molar-refractivity contribution in [3.8, 4) is 0 Å². The van der Waals surface area contributed by atoms with Gasteiger partial charge in [0, 0.05) is 11.4 Å². The van der Waals surface area contributed by atoms with Gasteiger partial charge in [-0.2, -0.15) is 0 Å². The number of nitrogens with zero attached hydrogens (tertiary/aromatic N) is 1. The van der Waals surface area contributed by atoms with Gasteiger partial charge in [-0.3, -0.25) is 4.98 Å². The molecule has 0 aliphatic rings. The molecule has 0 radical (unpaired) electrons. The van der Waals surface area contributed by atoms with Crippen LogP contribution in [0.2, 0.25) is 0 Å². The second-order valence-corrected chi connectivity index (χ2v) is 4.74. The first-order valence-electron chi connectivity index (χ1n) is 6.79. The van der Waals surface area contributed by atoms with E-state index >= 15 is 0 Å². The van der Waals surface area contributed by atoms with E-state index in [0.717, 1.165) is 17.1 Å². The lowest BCUT2D eigenvalue weighted by atomic mass is 10.1. The van der Waals surface area contributed by atoms with Crippen LogP contribution in [0, 0.1) is 13.8 Å². The average molecular weight is 285 g/mol. The van der Waals surface area contributed by atoms with Gasteiger partial charge in [-0.05, 0) is 51.1 Å². The molecule has 0 saturated heterocycles. The van der Waals surface area contributed by atoms with Gasteiger partial charge in [0.1, 0.15) is 0 Å². The molecule has 0 fully saturated rings. The van der Waals surface area contributed by atoms with Crippen molar-refractivity contribution < 1.29 is 9.53 Å². The highest BCUT2D eigenvalue weighted by Gasteiger charge is 2.14. The molecule has 5 nitrogen and oxygen atoms in total. The van der Waals surface area contributed by atoms with E-state index in [9.17, 15) is 4.79 Å². The number of rotatable bonds is 4. The van der Waals surface area contributed by atoms with Gasteiger partial charge in [0.2, 0.25) is 0 Å². The smallest absolute Gasteiger partial charge is 0.340 e. The summed E-state index contributed by atoms with van der Waals surface area (Å²) in [4.78, 5) is 16.4. The molecular weight excluding hydrogens is 266 g/mol. The number of hydrogen-bond acceptors (Lipinski definition) is 5. The van der Waals surface area contributed by atoms with E-state index in [2.05, 4.69) is 10.3 Å². The molecule has 110 valence electrons. The number of nitrogens with one attached hydrogen (secondary N) is 1. The van der Waals surface area contributed by atoms with Crippen molar-refractivity contribution in [3.05, 3.63) is 47.3 Å². The average Bonchev–Trinajstić information content (AvgIpc) is 2.43. The van der Waals surface area contributed by atoms with Crippen molar-refractivity contribution in [1.29, 1.82) is 0 Å². The summed E-state index contributed by atoms with van der Waals surface area (Å²) in [7, 11) is 0. The first-order valence-corrected chi connectivity index (χ1v) is 6.79.